The van der Waals surface area contributed by atoms with Crippen molar-refractivity contribution < 1.29 is 4.74 Å². The number of aromatic nitrogens is 3. The summed E-state index contributed by atoms with van der Waals surface area (Å²) in [4.78, 5) is 4.60. The van der Waals surface area contributed by atoms with E-state index in [-0.39, 0.29) is 0 Å². The predicted octanol–water partition coefficient (Wildman–Crippen LogP) is 4.65. The second kappa shape index (κ2) is 7.16. The molecule has 0 spiro atoms. The van der Waals surface area contributed by atoms with Gasteiger partial charge in [-0.2, -0.15) is 10.4 Å². The van der Waals surface area contributed by atoms with E-state index in [1.54, 1.807) is 23.5 Å². The summed E-state index contributed by atoms with van der Waals surface area (Å²) in [6.45, 7) is 0.912. The number of para-hydroxylation sites is 1. The molecule has 0 unspecified atom stereocenters. The Bertz CT molecular complexity index is 1090. The molecule has 0 saturated heterocycles. The minimum Gasteiger partial charge on any atom is -0.486 e. The van der Waals surface area contributed by atoms with Crippen molar-refractivity contribution in [3.05, 3.63) is 75.3 Å². The molecule has 2 aromatic carbocycles. The number of thiazole rings is 1. The van der Waals surface area contributed by atoms with Crippen molar-refractivity contribution in [1.82, 2.24) is 14.8 Å². The second-order valence-electron chi connectivity index (χ2n) is 5.61. The van der Waals surface area contributed by atoms with E-state index in [9.17, 15) is 5.26 Å². The molecule has 0 bridgehead atoms. The highest BCUT2D eigenvalue weighted by Crippen LogP contribution is 2.21. The van der Waals surface area contributed by atoms with E-state index in [4.69, 9.17) is 16.3 Å². The Balaban J connectivity index is 1.49. The predicted molar refractivity (Wildman–Crippen MR) is 101 cm³/mol. The molecule has 0 saturated carbocycles. The zero-order valence-corrected chi connectivity index (χ0v) is 15.2. The molecule has 0 aliphatic rings. The number of hydrogen-bond acceptors (Lipinski definition) is 5. The van der Waals surface area contributed by atoms with Gasteiger partial charge in [-0.1, -0.05) is 23.7 Å². The summed E-state index contributed by atoms with van der Waals surface area (Å²) in [5.41, 5.74) is 2.25. The lowest BCUT2D eigenvalue weighted by atomic mass is 10.2. The quantitative estimate of drug-likeness (QED) is 0.505. The van der Waals surface area contributed by atoms with Crippen LogP contribution in [0.15, 0.2) is 53.9 Å². The van der Waals surface area contributed by atoms with Crippen molar-refractivity contribution >= 4 is 33.8 Å². The van der Waals surface area contributed by atoms with Gasteiger partial charge >= 0.3 is 0 Å². The lowest BCUT2D eigenvalue weighted by Gasteiger charge is -2.03. The molecule has 0 aliphatic heterocycles. The van der Waals surface area contributed by atoms with Gasteiger partial charge in [0.05, 0.1) is 17.8 Å². The number of benzene rings is 2. The molecular weight excluding hydrogens is 368 g/mol. The van der Waals surface area contributed by atoms with E-state index in [1.165, 1.54) is 0 Å². The number of rotatable bonds is 5. The smallest absolute Gasteiger partial charge is 0.170 e. The van der Waals surface area contributed by atoms with Gasteiger partial charge in [-0.15, -0.1) is 11.3 Å². The SMILES string of the molecule is N#Cc1nn(Cc2csc(COc3ccc(Cl)cc3)n2)c2ccccc12. The van der Waals surface area contributed by atoms with Gasteiger partial charge in [0, 0.05) is 15.8 Å². The standard InChI is InChI=1S/C19H13ClN4OS/c20-13-5-7-15(8-6-13)25-11-19-22-14(12-26-19)10-24-18-4-2-1-3-16(18)17(9-21)23-24/h1-8,12H,10-11H2. The Kier molecular flexibility index (Phi) is 4.57. The van der Waals surface area contributed by atoms with Gasteiger partial charge in [-0.05, 0) is 36.4 Å². The Morgan fingerprint density at radius 2 is 1.96 bits per heavy atom. The fraction of sp³-hybridized carbons (Fsp3) is 0.105. The fourth-order valence-corrected chi connectivity index (χ4v) is 3.47. The van der Waals surface area contributed by atoms with E-state index in [2.05, 4.69) is 16.2 Å². The van der Waals surface area contributed by atoms with Crippen LogP contribution in [0.3, 0.4) is 0 Å². The third kappa shape index (κ3) is 3.40. The topological polar surface area (TPSA) is 63.7 Å². The van der Waals surface area contributed by atoms with Gasteiger partial charge in [-0.25, -0.2) is 4.98 Å². The third-order valence-corrected chi connectivity index (χ3v) is 4.97. The number of halogens is 1. The van der Waals surface area contributed by atoms with Crippen LogP contribution < -0.4 is 4.74 Å². The maximum absolute atomic E-state index is 9.25. The largest absolute Gasteiger partial charge is 0.486 e. The first kappa shape index (κ1) is 16.6. The molecule has 0 aliphatic carbocycles. The first-order valence-corrected chi connectivity index (χ1v) is 9.16. The summed E-state index contributed by atoms with van der Waals surface area (Å²) in [5, 5.41) is 18.0. The first-order valence-electron chi connectivity index (χ1n) is 7.90. The van der Waals surface area contributed by atoms with Crippen LogP contribution in [0.25, 0.3) is 10.9 Å². The fourth-order valence-electron chi connectivity index (χ4n) is 2.65. The first-order chi connectivity index (χ1) is 12.7. The minimum atomic E-state index is 0.398. The van der Waals surface area contributed by atoms with Gasteiger partial charge in [0.1, 0.15) is 23.4 Å². The third-order valence-electron chi connectivity index (χ3n) is 3.85. The van der Waals surface area contributed by atoms with Crippen LogP contribution in [0.5, 0.6) is 5.75 Å². The number of nitriles is 1. The van der Waals surface area contributed by atoms with E-state index in [0.717, 1.165) is 27.4 Å². The van der Waals surface area contributed by atoms with Gasteiger partial charge in [-0.3, -0.25) is 4.68 Å². The lowest BCUT2D eigenvalue weighted by Crippen LogP contribution is -2.03. The van der Waals surface area contributed by atoms with Crippen LogP contribution in [0.2, 0.25) is 5.02 Å². The lowest BCUT2D eigenvalue weighted by molar-refractivity contribution is 0.305. The highest BCUT2D eigenvalue weighted by Gasteiger charge is 2.11. The number of fused-ring (bicyclic) bond motifs is 1. The molecule has 0 amide bonds. The molecule has 4 rings (SSSR count). The normalized spacial score (nSPS) is 10.8. The summed E-state index contributed by atoms with van der Waals surface area (Å²) in [6.07, 6.45) is 0. The zero-order chi connectivity index (χ0) is 17.9. The molecule has 4 aromatic rings. The molecule has 2 aromatic heterocycles. The van der Waals surface area contributed by atoms with Crippen LogP contribution in [0, 0.1) is 11.3 Å². The Morgan fingerprint density at radius 1 is 1.15 bits per heavy atom. The van der Waals surface area contributed by atoms with Crippen LogP contribution >= 0.6 is 22.9 Å². The highest BCUT2D eigenvalue weighted by atomic mass is 35.5. The van der Waals surface area contributed by atoms with Gasteiger partial charge in [0.25, 0.3) is 0 Å². The molecule has 0 N–H and O–H groups in total. The summed E-state index contributed by atoms with van der Waals surface area (Å²) in [6, 6.07) is 17.1. The molecule has 0 fully saturated rings. The van der Waals surface area contributed by atoms with Crippen molar-refractivity contribution in [2.24, 2.45) is 0 Å². The van der Waals surface area contributed by atoms with E-state index < -0.39 is 0 Å². The molecule has 128 valence electrons. The Morgan fingerprint density at radius 3 is 2.77 bits per heavy atom. The van der Waals surface area contributed by atoms with Crippen LogP contribution in [-0.2, 0) is 13.2 Å². The molecule has 26 heavy (non-hydrogen) atoms. The average Bonchev–Trinajstić information content (AvgIpc) is 3.26. The summed E-state index contributed by atoms with van der Waals surface area (Å²) in [7, 11) is 0. The van der Waals surface area contributed by atoms with Gasteiger partial charge < -0.3 is 4.74 Å². The van der Waals surface area contributed by atoms with E-state index >= 15 is 0 Å². The monoisotopic (exact) mass is 380 g/mol. The maximum Gasteiger partial charge on any atom is 0.170 e. The Labute approximate surface area is 159 Å². The number of nitrogens with zero attached hydrogens (tertiary/aromatic N) is 4. The number of ether oxygens (including phenoxy) is 1. The van der Waals surface area contributed by atoms with Gasteiger partial charge in [0.15, 0.2) is 5.69 Å². The van der Waals surface area contributed by atoms with Crippen LogP contribution in [0.4, 0.5) is 0 Å². The van der Waals surface area contributed by atoms with Gasteiger partial charge in [0.2, 0.25) is 0 Å². The minimum absolute atomic E-state index is 0.398. The summed E-state index contributed by atoms with van der Waals surface area (Å²) >= 11 is 7.41. The highest BCUT2D eigenvalue weighted by molar-refractivity contribution is 7.09. The molecule has 0 atom stereocenters. The van der Waals surface area contributed by atoms with Crippen molar-refractivity contribution in [2.45, 2.75) is 13.2 Å². The van der Waals surface area contributed by atoms with Crippen molar-refractivity contribution in [3.8, 4) is 11.8 Å². The zero-order valence-electron chi connectivity index (χ0n) is 13.6. The second-order valence-corrected chi connectivity index (χ2v) is 6.99. The van der Waals surface area contributed by atoms with Crippen molar-refractivity contribution in [2.75, 3.05) is 0 Å². The number of hydrogen-bond donors (Lipinski definition) is 0. The van der Waals surface area contributed by atoms with E-state index in [1.807, 2.05) is 46.5 Å². The molecule has 7 heteroatoms. The molecular formula is C19H13ClN4OS. The maximum atomic E-state index is 9.25. The average molecular weight is 381 g/mol. The Hall–Kier alpha value is -2.88. The van der Waals surface area contributed by atoms with E-state index in [0.29, 0.717) is 23.9 Å². The van der Waals surface area contributed by atoms with Crippen molar-refractivity contribution in [1.29, 1.82) is 5.26 Å². The molecule has 5 nitrogen and oxygen atoms in total. The summed E-state index contributed by atoms with van der Waals surface area (Å²) in [5.74, 6) is 0.753. The van der Waals surface area contributed by atoms with Crippen LogP contribution in [0.1, 0.15) is 16.4 Å². The molecule has 2 heterocycles. The summed E-state index contributed by atoms with van der Waals surface area (Å²) < 4.78 is 7.54. The van der Waals surface area contributed by atoms with Crippen molar-refractivity contribution in [3.63, 3.8) is 0 Å². The molecule has 0 radical (unpaired) electrons. The van der Waals surface area contributed by atoms with Crippen LogP contribution in [-0.4, -0.2) is 14.8 Å².